The van der Waals surface area contributed by atoms with E-state index < -0.39 is 18.0 Å². The number of benzene rings is 1. The molecule has 1 unspecified atom stereocenters. The van der Waals surface area contributed by atoms with Crippen LogP contribution in [0.2, 0.25) is 0 Å². The fraction of sp³-hybridized carbons (Fsp3) is 0.200. The summed E-state index contributed by atoms with van der Waals surface area (Å²) < 4.78 is 9.77. The summed E-state index contributed by atoms with van der Waals surface area (Å²) in [5.41, 5.74) is 0.936. The molecule has 1 heterocycles. The van der Waals surface area contributed by atoms with Gasteiger partial charge in [0, 0.05) is 0 Å². The molecule has 0 radical (unpaired) electrons. The lowest BCUT2D eigenvalue weighted by Gasteiger charge is -2.13. The van der Waals surface area contributed by atoms with Gasteiger partial charge in [-0.1, -0.05) is 30.3 Å². The highest BCUT2D eigenvalue weighted by molar-refractivity contribution is 5.89. The molecule has 6 heteroatoms. The Hall–Kier alpha value is -2.60. The van der Waals surface area contributed by atoms with Crippen LogP contribution >= 0.6 is 0 Å². The van der Waals surface area contributed by atoms with Gasteiger partial charge in [0.2, 0.25) is 0 Å². The number of furan rings is 1. The van der Waals surface area contributed by atoms with Gasteiger partial charge in [0.15, 0.2) is 0 Å². The van der Waals surface area contributed by atoms with E-state index in [-0.39, 0.29) is 6.54 Å². The fourth-order valence-corrected chi connectivity index (χ4v) is 1.89. The lowest BCUT2D eigenvalue weighted by atomic mass is 10.1. The first-order valence-electron chi connectivity index (χ1n) is 6.28. The molecule has 0 aliphatic heterocycles. The number of carboxylic acid groups (broad SMARTS) is 1. The molecule has 2 rings (SSSR count). The molecule has 0 bridgehead atoms. The second kappa shape index (κ2) is 6.71. The summed E-state index contributed by atoms with van der Waals surface area (Å²) >= 11 is 0. The highest BCUT2D eigenvalue weighted by atomic mass is 16.5. The normalized spacial score (nSPS) is 11.9. The predicted octanol–water partition coefficient (Wildman–Crippen LogP) is 1.98. The van der Waals surface area contributed by atoms with E-state index in [1.54, 1.807) is 24.3 Å². The van der Waals surface area contributed by atoms with E-state index in [4.69, 9.17) is 4.42 Å². The van der Waals surface area contributed by atoms with Crippen molar-refractivity contribution in [1.29, 1.82) is 0 Å². The molecule has 0 saturated carbocycles. The first-order chi connectivity index (χ1) is 10.1. The van der Waals surface area contributed by atoms with Crippen LogP contribution < -0.4 is 5.32 Å². The summed E-state index contributed by atoms with van der Waals surface area (Å²) in [4.78, 5) is 22.6. The molecule has 0 saturated heterocycles. The minimum Gasteiger partial charge on any atom is -0.480 e. The first-order valence-corrected chi connectivity index (χ1v) is 6.28. The van der Waals surface area contributed by atoms with Gasteiger partial charge in [-0.25, -0.2) is 4.79 Å². The van der Waals surface area contributed by atoms with Crippen molar-refractivity contribution in [2.75, 3.05) is 7.11 Å². The maximum atomic E-state index is 11.3. The molecule has 0 aliphatic rings. The SMILES string of the molecule is COC(=O)c1coc(CNC(C(=O)O)c2ccccc2)c1. The number of carboxylic acids is 1. The molecule has 2 aromatic rings. The van der Waals surface area contributed by atoms with E-state index in [0.29, 0.717) is 16.9 Å². The van der Waals surface area contributed by atoms with E-state index in [0.717, 1.165) is 0 Å². The highest BCUT2D eigenvalue weighted by Gasteiger charge is 2.19. The molecular weight excluding hydrogens is 274 g/mol. The third-order valence-electron chi connectivity index (χ3n) is 2.94. The van der Waals surface area contributed by atoms with Gasteiger partial charge in [-0.2, -0.15) is 0 Å². The number of methoxy groups -OCH3 is 1. The van der Waals surface area contributed by atoms with Crippen molar-refractivity contribution in [3.63, 3.8) is 0 Å². The van der Waals surface area contributed by atoms with Crippen molar-refractivity contribution in [3.8, 4) is 0 Å². The minimum absolute atomic E-state index is 0.183. The number of rotatable bonds is 6. The quantitative estimate of drug-likeness (QED) is 0.790. The number of carbonyl (C=O) groups is 2. The van der Waals surface area contributed by atoms with E-state index in [1.807, 2.05) is 6.07 Å². The second-order valence-electron chi connectivity index (χ2n) is 4.36. The van der Waals surface area contributed by atoms with Crippen molar-refractivity contribution in [2.45, 2.75) is 12.6 Å². The molecule has 0 fully saturated rings. The Morgan fingerprint density at radius 2 is 2.05 bits per heavy atom. The van der Waals surface area contributed by atoms with Gasteiger partial charge in [-0.3, -0.25) is 10.1 Å². The van der Waals surface area contributed by atoms with Crippen LogP contribution in [0.1, 0.15) is 27.7 Å². The lowest BCUT2D eigenvalue weighted by Crippen LogP contribution is -2.27. The van der Waals surface area contributed by atoms with Gasteiger partial charge in [0.25, 0.3) is 0 Å². The zero-order chi connectivity index (χ0) is 15.2. The van der Waals surface area contributed by atoms with E-state index >= 15 is 0 Å². The molecular formula is C15H15NO5. The Morgan fingerprint density at radius 1 is 1.33 bits per heavy atom. The van der Waals surface area contributed by atoms with Crippen LogP contribution in [0.5, 0.6) is 0 Å². The maximum Gasteiger partial charge on any atom is 0.341 e. The van der Waals surface area contributed by atoms with Crippen LogP contribution in [-0.4, -0.2) is 24.2 Å². The van der Waals surface area contributed by atoms with Gasteiger partial charge in [-0.15, -0.1) is 0 Å². The standard InChI is InChI=1S/C15H15NO5/c1-20-15(19)11-7-12(21-9-11)8-16-13(14(17)18)10-5-3-2-4-6-10/h2-7,9,13,16H,8H2,1H3,(H,17,18). The number of esters is 1. The van der Waals surface area contributed by atoms with Crippen LogP contribution in [0, 0.1) is 0 Å². The van der Waals surface area contributed by atoms with Crippen LogP contribution in [0.3, 0.4) is 0 Å². The van der Waals surface area contributed by atoms with Crippen molar-refractivity contribution >= 4 is 11.9 Å². The summed E-state index contributed by atoms with van der Waals surface area (Å²) in [6, 6.07) is 9.49. The molecule has 2 N–H and O–H groups in total. The number of nitrogens with one attached hydrogen (secondary N) is 1. The lowest BCUT2D eigenvalue weighted by molar-refractivity contribution is -0.139. The molecule has 1 atom stereocenters. The Bertz CT molecular complexity index is 620. The molecule has 1 aromatic carbocycles. The predicted molar refractivity (Wildman–Crippen MR) is 73.7 cm³/mol. The summed E-state index contributed by atoms with van der Waals surface area (Å²) in [5.74, 6) is -1.03. The van der Waals surface area contributed by atoms with E-state index in [1.165, 1.54) is 19.4 Å². The Labute approximate surface area is 121 Å². The van der Waals surface area contributed by atoms with Crippen LogP contribution in [0.25, 0.3) is 0 Å². The number of carbonyl (C=O) groups excluding carboxylic acids is 1. The van der Waals surface area contributed by atoms with E-state index in [9.17, 15) is 14.7 Å². The summed E-state index contributed by atoms with van der Waals surface area (Å²) in [6.07, 6.45) is 1.28. The molecule has 1 aromatic heterocycles. The van der Waals surface area contributed by atoms with Gasteiger partial charge >= 0.3 is 11.9 Å². The third kappa shape index (κ3) is 3.70. The van der Waals surface area contributed by atoms with E-state index in [2.05, 4.69) is 10.1 Å². The number of aliphatic carboxylic acids is 1. The molecule has 0 spiro atoms. The van der Waals surface area contributed by atoms with Crippen LogP contribution in [-0.2, 0) is 16.1 Å². The van der Waals surface area contributed by atoms with Crippen molar-refractivity contribution in [2.24, 2.45) is 0 Å². The zero-order valence-corrected chi connectivity index (χ0v) is 11.4. The zero-order valence-electron chi connectivity index (χ0n) is 11.4. The van der Waals surface area contributed by atoms with Gasteiger partial charge in [0.05, 0.1) is 19.2 Å². The maximum absolute atomic E-state index is 11.3. The fourth-order valence-electron chi connectivity index (χ4n) is 1.89. The Morgan fingerprint density at radius 3 is 2.67 bits per heavy atom. The first kappa shape index (κ1) is 14.8. The molecule has 21 heavy (non-hydrogen) atoms. The molecule has 110 valence electrons. The van der Waals surface area contributed by atoms with Crippen LogP contribution in [0.4, 0.5) is 0 Å². The number of ether oxygens (including phenoxy) is 1. The Kier molecular flexibility index (Phi) is 4.73. The second-order valence-corrected chi connectivity index (χ2v) is 4.36. The van der Waals surface area contributed by atoms with Gasteiger partial charge < -0.3 is 14.3 Å². The highest BCUT2D eigenvalue weighted by Crippen LogP contribution is 2.15. The summed E-state index contributed by atoms with van der Waals surface area (Å²) in [7, 11) is 1.28. The Balaban J connectivity index is 2.04. The average molecular weight is 289 g/mol. The summed E-state index contributed by atoms with van der Waals surface area (Å²) in [6.45, 7) is 0.183. The topological polar surface area (TPSA) is 88.8 Å². The third-order valence-corrected chi connectivity index (χ3v) is 2.94. The van der Waals surface area contributed by atoms with Gasteiger partial charge in [-0.05, 0) is 11.6 Å². The van der Waals surface area contributed by atoms with Gasteiger partial charge in [0.1, 0.15) is 18.1 Å². The van der Waals surface area contributed by atoms with Crippen molar-refractivity contribution in [3.05, 3.63) is 59.5 Å². The molecule has 6 nitrogen and oxygen atoms in total. The minimum atomic E-state index is -0.985. The molecule has 0 aliphatic carbocycles. The van der Waals surface area contributed by atoms with Crippen LogP contribution in [0.15, 0.2) is 47.1 Å². The van der Waals surface area contributed by atoms with Crippen molar-refractivity contribution < 1.29 is 23.8 Å². The smallest absolute Gasteiger partial charge is 0.341 e. The number of hydrogen-bond acceptors (Lipinski definition) is 5. The summed E-state index contributed by atoms with van der Waals surface area (Å²) in [5, 5.41) is 12.1. The largest absolute Gasteiger partial charge is 0.480 e. The van der Waals surface area contributed by atoms with Crippen molar-refractivity contribution in [1.82, 2.24) is 5.32 Å². The number of hydrogen-bond donors (Lipinski definition) is 2. The monoisotopic (exact) mass is 289 g/mol. The average Bonchev–Trinajstić information content (AvgIpc) is 2.96. The molecule has 0 amide bonds.